The summed E-state index contributed by atoms with van der Waals surface area (Å²) in [5.41, 5.74) is 0. The topological polar surface area (TPSA) is 58.1 Å². The predicted molar refractivity (Wildman–Crippen MR) is 92.4 cm³/mol. The van der Waals surface area contributed by atoms with Crippen LogP contribution in [0.4, 0.5) is 5.82 Å². The van der Waals surface area contributed by atoms with Gasteiger partial charge in [-0.15, -0.1) is 11.3 Å². The fraction of sp³-hybridized carbons (Fsp3) is 0.562. The molecule has 0 radical (unpaired) electrons. The Hall–Kier alpha value is -1.69. The van der Waals surface area contributed by atoms with E-state index in [1.54, 1.807) is 17.7 Å². The van der Waals surface area contributed by atoms with Gasteiger partial charge in [-0.05, 0) is 26.3 Å². The monoisotopic (exact) mass is 320 g/mol. The van der Waals surface area contributed by atoms with Gasteiger partial charge in [0, 0.05) is 30.9 Å². The Kier molecular flexibility index (Phi) is 6.12. The van der Waals surface area contributed by atoms with Gasteiger partial charge in [0.25, 0.3) is 0 Å². The van der Waals surface area contributed by atoms with Gasteiger partial charge in [0.15, 0.2) is 0 Å². The second kappa shape index (κ2) is 8.08. The molecular formula is C16H24N4OS. The number of thiophene rings is 1. The van der Waals surface area contributed by atoms with Gasteiger partial charge in [0.05, 0.1) is 5.39 Å². The van der Waals surface area contributed by atoms with E-state index in [4.69, 9.17) is 0 Å². The van der Waals surface area contributed by atoms with E-state index in [0.29, 0.717) is 13.0 Å². The molecule has 1 N–H and O–H groups in total. The number of hydrogen-bond donors (Lipinski definition) is 1. The number of anilines is 1. The lowest BCUT2D eigenvalue weighted by atomic mass is 10.2. The van der Waals surface area contributed by atoms with Crippen molar-refractivity contribution in [2.45, 2.75) is 40.0 Å². The third-order valence-corrected chi connectivity index (χ3v) is 4.56. The van der Waals surface area contributed by atoms with Gasteiger partial charge in [-0.3, -0.25) is 4.79 Å². The summed E-state index contributed by atoms with van der Waals surface area (Å²) in [6, 6.07) is 2.09. The summed E-state index contributed by atoms with van der Waals surface area (Å²) < 4.78 is 0. The maximum Gasteiger partial charge on any atom is 0.224 e. The molecule has 0 saturated heterocycles. The highest BCUT2D eigenvalue weighted by atomic mass is 32.1. The molecule has 2 aromatic rings. The first-order valence-electron chi connectivity index (χ1n) is 7.88. The summed E-state index contributed by atoms with van der Waals surface area (Å²) in [5, 5.41) is 4.31. The van der Waals surface area contributed by atoms with Gasteiger partial charge < -0.3 is 10.2 Å². The number of aryl methyl sites for hydroxylation is 1. The van der Waals surface area contributed by atoms with E-state index in [0.717, 1.165) is 42.0 Å². The van der Waals surface area contributed by atoms with Crippen LogP contribution in [0.15, 0.2) is 12.4 Å². The minimum absolute atomic E-state index is 0.204. The summed E-state index contributed by atoms with van der Waals surface area (Å²) in [7, 11) is 0. The first kappa shape index (κ1) is 16.7. The van der Waals surface area contributed by atoms with E-state index in [2.05, 4.69) is 35.2 Å². The van der Waals surface area contributed by atoms with Crippen LogP contribution in [0.25, 0.3) is 10.2 Å². The third-order valence-electron chi connectivity index (χ3n) is 3.60. The Labute approximate surface area is 135 Å². The fourth-order valence-electron chi connectivity index (χ4n) is 2.37. The van der Waals surface area contributed by atoms with Crippen molar-refractivity contribution in [3.8, 4) is 0 Å². The van der Waals surface area contributed by atoms with Gasteiger partial charge in [-0.1, -0.05) is 13.3 Å². The molecule has 0 atom stereocenters. The molecule has 1 amide bonds. The van der Waals surface area contributed by atoms with E-state index >= 15 is 0 Å². The zero-order valence-electron chi connectivity index (χ0n) is 13.6. The number of carbonyl (C=O) groups is 1. The van der Waals surface area contributed by atoms with Crippen molar-refractivity contribution in [2.24, 2.45) is 0 Å². The normalized spacial score (nSPS) is 10.9. The van der Waals surface area contributed by atoms with E-state index in [1.165, 1.54) is 4.88 Å². The molecule has 0 spiro atoms. The zero-order chi connectivity index (χ0) is 15.9. The molecule has 2 rings (SSSR count). The lowest BCUT2D eigenvalue weighted by Crippen LogP contribution is -2.32. The second-order valence-corrected chi connectivity index (χ2v) is 6.54. The Bertz CT molecular complexity index is 626. The number of rotatable bonds is 8. The van der Waals surface area contributed by atoms with Crippen molar-refractivity contribution in [3.05, 3.63) is 17.3 Å². The first-order valence-corrected chi connectivity index (χ1v) is 8.70. The molecule has 5 nitrogen and oxygen atoms in total. The van der Waals surface area contributed by atoms with Gasteiger partial charge in [0.2, 0.25) is 5.91 Å². The van der Waals surface area contributed by atoms with E-state index in [9.17, 15) is 4.79 Å². The SMILES string of the molecule is CCCCN(CC)C(=O)CCNc1ncnc2sc(C)cc12. The van der Waals surface area contributed by atoms with Gasteiger partial charge in [-0.25, -0.2) is 9.97 Å². The standard InChI is InChI=1S/C16H24N4OS/c1-4-6-9-20(5-2)14(21)7-8-17-15-13-10-12(3)22-16(13)19-11-18-15/h10-11H,4-9H2,1-3H3,(H,17,18,19). The number of amides is 1. The van der Waals surface area contributed by atoms with E-state index < -0.39 is 0 Å². The summed E-state index contributed by atoms with van der Waals surface area (Å²) in [6.07, 6.45) is 4.24. The smallest absolute Gasteiger partial charge is 0.224 e. The van der Waals surface area contributed by atoms with Crippen LogP contribution in [0, 0.1) is 6.92 Å². The average molecular weight is 320 g/mol. The average Bonchev–Trinajstić information content (AvgIpc) is 2.89. The molecule has 0 unspecified atom stereocenters. The molecule has 2 heterocycles. The highest BCUT2D eigenvalue weighted by Crippen LogP contribution is 2.27. The first-order chi connectivity index (χ1) is 10.7. The summed E-state index contributed by atoms with van der Waals surface area (Å²) >= 11 is 1.66. The molecule has 120 valence electrons. The molecule has 0 aromatic carbocycles. The number of unbranched alkanes of at least 4 members (excludes halogenated alkanes) is 1. The van der Waals surface area contributed by atoms with Crippen LogP contribution in [0.2, 0.25) is 0 Å². The lowest BCUT2D eigenvalue weighted by Gasteiger charge is -2.20. The molecule has 0 aliphatic rings. The van der Waals surface area contributed by atoms with Crippen LogP contribution >= 0.6 is 11.3 Å². The Morgan fingerprint density at radius 1 is 1.36 bits per heavy atom. The Morgan fingerprint density at radius 2 is 2.18 bits per heavy atom. The minimum Gasteiger partial charge on any atom is -0.369 e. The molecule has 22 heavy (non-hydrogen) atoms. The molecular weight excluding hydrogens is 296 g/mol. The maximum atomic E-state index is 12.2. The Morgan fingerprint density at radius 3 is 2.91 bits per heavy atom. The van der Waals surface area contributed by atoms with Crippen molar-refractivity contribution in [1.29, 1.82) is 0 Å². The van der Waals surface area contributed by atoms with Crippen LogP contribution in [0.5, 0.6) is 0 Å². The van der Waals surface area contributed by atoms with Gasteiger partial charge in [-0.2, -0.15) is 0 Å². The number of carbonyl (C=O) groups excluding carboxylic acids is 1. The lowest BCUT2D eigenvalue weighted by molar-refractivity contribution is -0.130. The van der Waals surface area contributed by atoms with Gasteiger partial charge >= 0.3 is 0 Å². The van der Waals surface area contributed by atoms with Crippen LogP contribution in [0.3, 0.4) is 0 Å². The second-order valence-electron chi connectivity index (χ2n) is 5.30. The van der Waals surface area contributed by atoms with Crippen LogP contribution in [-0.2, 0) is 4.79 Å². The van der Waals surface area contributed by atoms with Crippen molar-refractivity contribution in [1.82, 2.24) is 14.9 Å². The molecule has 0 aliphatic carbocycles. The number of hydrogen-bond acceptors (Lipinski definition) is 5. The molecule has 2 aromatic heterocycles. The number of aromatic nitrogens is 2. The summed E-state index contributed by atoms with van der Waals surface area (Å²) in [5.74, 6) is 1.02. The maximum absolute atomic E-state index is 12.2. The molecule has 6 heteroatoms. The zero-order valence-corrected chi connectivity index (χ0v) is 14.4. The largest absolute Gasteiger partial charge is 0.369 e. The van der Waals surface area contributed by atoms with Crippen LogP contribution in [-0.4, -0.2) is 40.4 Å². The molecule has 0 saturated carbocycles. The third kappa shape index (κ3) is 4.16. The van der Waals surface area contributed by atoms with Crippen LogP contribution in [0.1, 0.15) is 38.0 Å². The van der Waals surface area contributed by atoms with Crippen LogP contribution < -0.4 is 5.32 Å². The molecule has 0 fully saturated rings. The molecule has 0 bridgehead atoms. The van der Waals surface area contributed by atoms with E-state index in [-0.39, 0.29) is 5.91 Å². The minimum atomic E-state index is 0.204. The van der Waals surface area contributed by atoms with E-state index in [1.807, 2.05) is 11.8 Å². The summed E-state index contributed by atoms with van der Waals surface area (Å²) in [6.45, 7) is 8.47. The molecule has 0 aliphatic heterocycles. The van der Waals surface area contributed by atoms with Crippen molar-refractivity contribution < 1.29 is 4.79 Å². The highest BCUT2D eigenvalue weighted by molar-refractivity contribution is 7.18. The van der Waals surface area contributed by atoms with Crippen molar-refractivity contribution in [2.75, 3.05) is 25.0 Å². The van der Waals surface area contributed by atoms with Crippen molar-refractivity contribution >= 4 is 33.3 Å². The number of nitrogens with zero attached hydrogens (tertiary/aromatic N) is 3. The predicted octanol–water partition coefficient (Wildman–Crippen LogP) is 3.45. The van der Waals surface area contributed by atoms with Gasteiger partial charge in [0.1, 0.15) is 17.0 Å². The number of nitrogens with one attached hydrogen (secondary N) is 1. The summed E-state index contributed by atoms with van der Waals surface area (Å²) in [4.78, 5) is 24.9. The quantitative estimate of drug-likeness (QED) is 0.809. The highest BCUT2D eigenvalue weighted by Gasteiger charge is 2.11. The number of fused-ring (bicyclic) bond motifs is 1. The van der Waals surface area contributed by atoms with Crippen molar-refractivity contribution in [3.63, 3.8) is 0 Å². The Balaban J connectivity index is 1.90. The fourth-order valence-corrected chi connectivity index (χ4v) is 3.22.